The van der Waals surface area contributed by atoms with Crippen molar-refractivity contribution in [1.29, 1.82) is 0 Å². The van der Waals surface area contributed by atoms with Crippen molar-refractivity contribution in [3.05, 3.63) is 66.3 Å². The Bertz CT molecular complexity index is 567. The first-order chi connectivity index (χ1) is 9.56. The van der Waals surface area contributed by atoms with Crippen molar-refractivity contribution < 1.29 is 0 Å². The van der Waals surface area contributed by atoms with Crippen LogP contribution >= 0.6 is 45.2 Å². The molecule has 2 nitrogen and oxygen atoms in total. The van der Waals surface area contributed by atoms with Gasteiger partial charge in [0.1, 0.15) is 0 Å². The van der Waals surface area contributed by atoms with Crippen molar-refractivity contribution in [2.24, 2.45) is 0 Å². The SMILES string of the molecule is Cc1ccc(CNNC(C)c2ccc(I)cc2I)cc1. The van der Waals surface area contributed by atoms with Crippen LogP contribution in [0.2, 0.25) is 0 Å². The topological polar surface area (TPSA) is 24.1 Å². The molecule has 0 spiro atoms. The largest absolute Gasteiger partial charge is 0.253 e. The highest BCUT2D eigenvalue weighted by atomic mass is 127. The molecule has 0 heterocycles. The van der Waals surface area contributed by atoms with Crippen LogP contribution in [0.15, 0.2) is 42.5 Å². The molecule has 2 N–H and O–H groups in total. The van der Waals surface area contributed by atoms with Gasteiger partial charge in [0.2, 0.25) is 0 Å². The third kappa shape index (κ3) is 4.68. The van der Waals surface area contributed by atoms with Crippen LogP contribution in [0, 0.1) is 14.1 Å². The lowest BCUT2D eigenvalue weighted by Crippen LogP contribution is -2.33. The summed E-state index contributed by atoms with van der Waals surface area (Å²) in [6, 6.07) is 15.4. The van der Waals surface area contributed by atoms with Crippen molar-refractivity contribution in [2.45, 2.75) is 26.4 Å². The number of rotatable bonds is 5. The van der Waals surface area contributed by atoms with Gasteiger partial charge in [0.25, 0.3) is 0 Å². The number of hydrazine groups is 1. The van der Waals surface area contributed by atoms with E-state index in [9.17, 15) is 0 Å². The van der Waals surface area contributed by atoms with Crippen LogP contribution in [0.5, 0.6) is 0 Å². The molecular formula is C16H18I2N2. The van der Waals surface area contributed by atoms with Gasteiger partial charge in [0.15, 0.2) is 0 Å². The van der Waals surface area contributed by atoms with Crippen molar-refractivity contribution >= 4 is 45.2 Å². The molecule has 0 aliphatic rings. The van der Waals surface area contributed by atoms with Crippen molar-refractivity contribution in [3.63, 3.8) is 0 Å². The average Bonchev–Trinajstić information content (AvgIpc) is 2.41. The molecule has 106 valence electrons. The molecule has 0 saturated heterocycles. The summed E-state index contributed by atoms with van der Waals surface area (Å²) >= 11 is 4.74. The molecule has 0 aromatic heterocycles. The highest BCUT2D eigenvalue weighted by Crippen LogP contribution is 2.21. The lowest BCUT2D eigenvalue weighted by molar-refractivity contribution is 0.459. The summed E-state index contributed by atoms with van der Waals surface area (Å²) in [4.78, 5) is 0. The second-order valence-corrected chi connectivity index (χ2v) is 7.28. The summed E-state index contributed by atoms with van der Waals surface area (Å²) < 4.78 is 2.57. The van der Waals surface area contributed by atoms with Crippen molar-refractivity contribution in [3.8, 4) is 0 Å². The van der Waals surface area contributed by atoms with E-state index in [1.165, 1.54) is 23.8 Å². The Kier molecular flexibility index (Phi) is 6.25. The van der Waals surface area contributed by atoms with Gasteiger partial charge >= 0.3 is 0 Å². The van der Waals surface area contributed by atoms with Crippen LogP contribution in [0.4, 0.5) is 0 Å². The first-order valence-electron chi connectivity index (χ1n) is 6.55. The summed E-state index contributed by atoms with van der Waals surface area (Å²) in [6.07, 6.45) is 0. The second kappa shape index (κ2) is 7.72. The molecule has 0 saturated carbocycles. The predicted molar refractivity (Wildman–Crippen MR) is 101 cm³/mol. The van der Waals surface area contributed by atoms with E-state index in [2.05, 4.69) is 112 Å². The van der Waals surface area contributed by atoms with E-state index in [0.717, 1.165) is 6.54 Å². The number of hydrogen-bond donors (Lipinski definition) is 2. The number of hydrogen-bond acceptors (Lipinski definition) is 2. The maximum Gasteiger partial charge on any atom is 0.0444 e. The molecule has 2 rings (SSSR count). The van der Waals surface area contributed by atoms with Crippen LogP contribution < -0.4 is 10.9 Å². The Hall–Kier alpha value is -0.180. The fourth-order valence-electron chi connectivity index (χ4n) is 1.94. The zero-order chi connectivity index (χ0) is 14.5. The third-order valence-electron chi connectivity index (χ3n) is 3.16. The monoisotopic (exact) mass is 492 g/mol. The van der Waals surface area contributed by atoms with Gasteiger partial charge in [-0.2, -0.15) is 0 Å². The number of benzene rings is 2. The minimum atomic E-state index is 0.282. The highest BCUT2D eigenvalue weighted by molar-refractivity contribution is 14.1. The van der Waals surface area contributed by atoms with Crippen LogP contribution in [-0.4, -0.2) is 0 Å². The normalized spacial score (nSPS) is 12.4. The standard InChI is InChI=1S/C16H18I2N2/c1-11-3-5-13(6-4-11)10-19-20-12(2)15-8-7-14(17)9-16(15)18/h3-9,12,19-20H,10H2,1-2H3. The lowest BCUT2D eigenvalue weighted by Gasteiger charge is -2.17. The average molecular weight is 492 g/mol. The molecule has 2 aromatic rings. The number of halogens is 2. The highest BCUT2D eigenvalue weighted by Gasteiger charge is 2.08. The van der Waals surface area contributed by atoms with Gasteiger partial charge in [-0.3, -0.25) is 10.9 Å². The summed E-state index contributed by atoms with van der Waals surface area (Å²) in [5.41, 5.74) is 10.6. The van der Waals surface area contributed by atoms with E-state index in [0.29, 0.717) is 0 Å². The summed E-state index contributed by atoms with van der Waals surface area (Å²) in [7, 11) is 0. The Morgan fingerprint density at radius 2 is 1.75 bits per heavy atom. The van der Waals surface area contributed by atoms with Crippen LogP contribution in [-0.2, 0) is 6.54 Å². The van der Waals surface area contributed by atoms with Gasteiger partial charge in [0.05, 0.1) is 0 Å². The molecule has 0 fully saturated rings. The van der Waals surface area contributed by atoms with Gasteiger partial charge in [-0.05, 0) is 82.3 Å². The van der Waals surface area contributed by atoms with Crippen molar-refractivity contribution in [1.82, 2.24) is 10.9 Å². The summed E-state index contributed by atoms with van der Waals surface area (Å²) in [5.74, 6) is 0. The molecule has 20 heavy (non-hydrogen) atoms. The minimum absolute atomic E-state index is 0.282. The zero-order valence-corrected chi connectivity index (χ0v) is 15.9. The van der Waals surface area contributed by atoms with Gasteiger partial charge in [-0.25, -0.2) is 0 Å². The molecule has 1 atom stereocenters. The lowest BCUT2D eigenvalue weighted by atomic mass is 10.1. The van der Waals surface area contributed by atoms with Crippen LogP contribution in [0.1, 0.15) is 29.7 Å². The van der Waals surface area contributed by atoms with Gasteiger partial charge in [-0.1, -0.05) is 35.9 Å². The maximum absolute atomic E-state index is 3.37. The maximum atomic E-state index is 3.37. The van der Waals surface area contributed by atoms with Crippen LogP contribution in [0.25, 0.3) is 0 Å². The summed E-state index contributed by atoms with van der Waals surface area (Å²) in [6.45, 7) is 5.11. The van der Waals surface area contributed by atoms with E-state index in [1.54, 1.807) is 0 Å². The molecule has 0 aliphatic heterocycles. The van der Waals surface area contributed by atoms with Gasteiger partial charge in [0, 0.05) is 19.7 Å². The number of nitrogens with one attached hydrogen (secondary N) is 2. The first-order valence-corrected chi connectivity index (χ1v) is 8.71. The quantitative estimate of drug-likeness (QED) is 0.473. The van der Waals surface area contributed by atoms with E-state index in [-0.39, 0.29) is 6.04 Å². The Morgan fingerprint density at radius 3 is 2.40 bits per heavy atom. The fourth-order valence-corrected chi connectivity index (χ4v) is 4.01. The predicted octanol–water partition coefficient (Wildman–Crippen LogP) is 4.56. The molecule has 0 aliphatic carbocycles. The van der Waals surface area contributed by atoms with Crippen molar-refractivity contribution in [2.75, 3.05) is 0 Å². The molecule has 2 aromatic carbocycles. The minimum Gasteiger partial charge on any atom is -0.253 e. The van der Waals surface area contributed by atoms with E-state index in [1.807, 2.05) is 0 Å². The van der Waals surface area contributed by atoms with E-state index >= 15 is 0 Å². The van der Waals surface area contributed by atoms with Gasteiger partial charge in [-0.15, -0.1) is 0 Å². The smallest absolute Gasteiger partial charge is 0.0444 e. The van der Waals surface area contributed by atoms with Crippen LogP contribution in [0.3, 0.4) is 0 Å². The molecule has 4 heteroatoms. The van der Waals surface area contributed by atoms with E-state index < -0.39 is 0 Å². The summed E-state index contributed by atoms with van der Waals surface area (Å²) in [5, 5.41) is 0. The molecule has 0 bridgehead atoms. The first kappa shape index (κ1) is 16.2. The second-order valence-electron chi connectivity index (χ2n) is 4.87. The third-order valence-corrected chi connectivity index (χ3v) is 4.77. The Balaban J connectivity index is 1.88. The Labute approximate surface area is 148 Å². The Morgan fingerprint density at radius 1 is 1.05 bits per heavy atom. The molecule has 0 radical (unpaired) electrons. The molecule has 1 unspecified atom stereocenters. The molecular weight excluding hydrogens is 474 g/mol. The van der Waals surface area contributed by atoms with E-state index in [4.69, 9.17) is 0 Å². The zero-order valence-electron chi connectivity index (χ0n) is 11.6. The fraction of sp³-hybridized carbons (Fsp3) is 0.250. The van der Waals surface area contributed by atoms with Gasteiger partial charge < -0.3 is 0 Å². The number of aryl methyl sites for hydroxylation is 1. The molecule has 0 amide bonds.